The van der Waals surface area contributed by atoms with E-state index in [0.29, 0.717) is 19.3 Å². The van der Waals surface area contributed by atoms with Crippen LogP contribution < -0.4 is 0 Å². The van der Waals surface area contributed by atoms with Gasteiger partial charge >= 0.3 is 17.9 Å². The van der Waals surface area contributed by atoms with Crippen LogP contribution in [0.3, 0.4) is 0 Å². The van der Waals surface area contributed by atoms with Gasteiger partial charge in [0.05, 0.1) is 0 Å². The third-order valence-corrected chi connectivity index (χ3v) is 14.2. The van der Waals surface area contributed by atoms with Crippen LogP contribution in [0.5, 0.6) is 0 Å². The Kier molecular flexibility index (Phi) is 64.3. The predicted octanol–water partition coefficient (Wildman–Crippen LogP) is 23.3. The van der Waals surface area contributed by atoms with E-state index >= 15 is 0 Å². The number of allylic oxidation sites excluding steroid dienone is 22. The minimum atomic E-state index is -0.800. The molecule has 0 aromatic rings. The second kappa shape index (κ2) is 68.1. The quantitative estimate of drug-likeness (QED) is 0.0261. The number of hydrogen-bond donors (Lipinski definition) is 0. The summed E-state index contributed by atoms with van der Waals surface area (Å²) >= 11 is 0. The number of carbonyl (C=O) groups excluding carboxylic acids is 3. The van der Waals surface area contributed by atoms with Gasteiger partial charge in [0.25, 0.3) is 0 Å². The molecule has 460 valence electrons. The van der Waals surface area contributed by atoms with E-state index in [0.717, 1.165) is 148 Å². The van der Waals surface area contributed by atoms with Crippen LogP contribution in [0.4, 0.5) is 0 Å². The molecule has 0 saturated heterocycles. The second-order valence-corrected chi connectivity index (χ2v) is 22.0. The van der Waals surface area contributed by atoms with Crippen molar-refractivity contribution in [2.24, 2.45) is 0 Å². The lowest BCUT2D eigenvalue weighted by Crippen LogP contribution is -2.30. The van der Waals surface area contributed by atoms with Gasteiger partial charge in [-0.3, -0.25) is 14.4 Å². The summed E-state index contributed by atoms with van der Waals surface area (Å²) in [4.78, 5) is 38.3. The van der Waals surface area contributed by atoms with Crippen molar-refractivity contribution in [1.82, 2.24) is 0 Å². The summed E-state index contributed by atoms with van der Waals surface area (Å²) in [5.74, 6) is -0.932. The van der Waals surface area contributed by atoms with Gasteiger partial charge in [-0.2, -0.15) is 0 Å². The Hall–Kier alpha value is -4.45. The molecule has 0 aliphatic heterocycles. The van der Waals surface area contributed by atoms with Gasteiger partial charge in [0, 0.05) is 19.3 Å². The summed E-state index contributed by atoms with van der Waals surface area (Å²) in [6, 6.07) is 0. The molecule has 0 heterocycles. The molecule has 0 aromatic heterocycles. The molecule has 0 aliphatic carbocycles. The molecule has 6 heteroatoms. The number of rotatable bonds is 60. The van der Waals surface area contributed by atoms with E-state index < -0.39 is 6.10 Å². The summed E-state index contributed by atoms with van der Waals surface area (Å²) in [5.41, 5.74) is 0. The maximum absolute atomic E-state index is 12.9. The molecule has 0 rings (SSSR count). The average Bonchev–Trinajstić information content (AvgIpc) is 3.46. The molecular formula is C75H124O6. The normalized spacial score (nSPS) is 13.0. The van der Waals surface area contributed by atoms with Gasteiger partial charge in [0.2, 0.25) is 0 Å². The smallest absolute Gasteiger partial charge is 0.306 e. The molecule has 6 nitrogen and oxygen atoms in total. The summed E-state index contributed by atoms with van der Waals surface area (Å²) in [5, 5.41) is 0. The van der Waals surface area contributed by atoms with E-state index in [4.69, 9.17) is 14.2 Å². The SMILES string of the molecule is CC/C=C\C/C=C\C/C=C\C/C=C\C/C=C\C/C=C\C/C=C\C/C=C\CCCCCCCCC(=O)OCC(COC(=O)CCCCC/C=C\C/C=C\C/C=C\CC)OC(=O)CCCCCCCCCCCCCCCCCCCCC. The largest absolute Gasteiger partial charge is 0.462 e. The highest BCUT2D eigenvalue weighted by atomic mass is 16.6. The van der Waals surface area contributed by atoms with E-state index in [-0.39, 0.29) is 31.1 Å². The minimum absolute atomic E-state index is 0.0964. The fraction of sp³-hybridized carbons (Fsp3) is 0.667. The van der Waals surface area contributed by atoms with Crippen molar-refractivity contribution >= 4 is 17.9 Å². The van der Waals surface area contributed by atoms with E-state index in [1.54, 1.807) is 0 Å². The van der Waals surface area contributed by atoms with Gasteiger partial charge in [0.1, 0.15) is 13.2 Å². The topological polar surface area (TPSA) is 78.9 Å². The van der Waals surface area contributed by atoms with Gasteiger partial charge < -0.3 is 14.2 Å². The van der Waals surface area contributed by atoms with Crippen LogP contribution in [0.15, 0.2) is 134 Å². The molecule has 0 radical (unpaired) electrons. The lowest BCUT2D eigenvalue weighted by molar-refractivity contribution is -0.167. The second-order valence-electron chi connectivity index (χ2n) is 22.0. The average molecular weight is 1120 g/mol. The van der Waals surface area contributed by atoms with Crippen molar-refractivity contribution in [3.05, 3.63) is 134 Å². The lowest BCUT2D eigenvalue weighted by atomic mass is 10.0. The van der Waals surface area contributed by atoms with Crippen molar-refractivity contribution in [2.75, 3.05) is 13.2 Å². The molecule has 81 heavy (non-hydrogen) atoms. The van der Waals surface area contributed by atoms with E-state index in [9.17, 15) is 14.4 Å². The standard InChI is InChI=1S/C75H124O6/c1-4-7-10-13-16-19-22-25-27-29-31-32-33-34-35-36-37-38-39-40-41-42-44-45-47-50-53-56-59-62-65-68-74(77)80-71-72(70-79-73(76)67-64-61-58-55-52-49-24-21-18-15-12-9-6-3)81-75(78)69-66-63-60-57-54-51-48-46-43-30-28-26-23-20-17-14-11-8-5-2/h7,9-10,12,16,18-19,21,25,27,31-32,34-35,37-38,40-41,44-45,49,52,72H,4-6,8,11,13-15,17,20,22-24,26,28-30,33,36,39,42-43,46-48,50-51,53-71H2,1-3H3/b10-7-,12-9-,19-16-,21-18-,27-25-,32-31-,35-34-,38-37-,41-40-,45-44-,52-49-. The fourth-order valence-corrected chi connectivity index (χ4v) is 9.18. The zero-order chi connectivity index (χ0) is 58.5. The van der Waals surface area contributed by atoms with Gasteiger partial charge in [0.15, 0.2) is 6.10 Å². The molecule has 0 bridgehead atoms. The first-order valence-corrected chi connectivity index (χ1v) is 33.7. The minimum Gasteiger partial charge on any atom is -0.462 e. The molecule has 0 amide bonds. The highest BCUT2D eigenvalue weighted by Crippen LogP contribution is 2.16. The Morgan fingerprint density at radius 1 is 0.259 bits per heavy atom. The van der Waals surface area contributed by atoms with Crippen molar-refractivity contribution in [3.8, 4) is 0 Å². The lowest BCUT2D eigenvalue weighted by Gasteiger charge is -2.18. The molecule has 0 saturated carbocycles. The van der Waals surface area contributed by atoms with Gasteiger partial charge in [-0.1, -0.05) is 302 Å². The van der Waals surface area contributed by atoms with Crippen LogP contribution in [-0.2, 0) is 28.6 Å². The number of unbranched alkanes of at least 4 members (excludes halogenated alkanes) is 27. The van der Waals surface area contributed by atoms with Crippen molar-refractivity contribution in [2.45, 2.75) is 309 Å². The monoisotopic (exact) mass is 1120 g/mol. The third-order valence-electron chi connectivity index (χ3n) is 14.2. The Morgan fingerprint density at radius 3 is 0.765 bits per heavy atom. The van der Waals surface area contributed by atoms with E-state index in [2.05, 4.69) is 154 Å². The van der Waals surface area contributed by atoms with Crippen LogP contribution in [0.25, 0.3) is 0 Å². The first-order chi connectivity index (χ1) is 40.0. The zero-order valence-electron chi connectivity index (χ0n) is 52.8. The summed E-state index contributed by atoms with van der Waals surface area (Å²) in [6.07, 6.45) is 96.1. The number of esters is 3. The van der Waals surface area contributed by atoms with E-state index in [1.807, 2.05) is 0 Å². The van der Waals surface area contributed by atoms with Gasteiger partial charge in [-0.15, -0.1) is 0 Å². The molecule has 0 aromatic carbocycles. The molecular weight excluding hydrogens is 997 g/mol. The maximum atomic E-state index is 12.9. The van der Waals surface area contributed by atoms with Crippen LogP contribution in [0.1, 0.15) is 303 Å². The number of hydrogen-bond acceptors (Lipinski definition) is 6. The highest BCUT2D eigenvalue weighted by molar-refractivity contribution is 5.71. The van der Waals surface area contributed by atoms with Crippen molar-refractivity contribution < 1.29 is 28.6 Å². The fourth-order valence-electron chi connectivity index (χ4n) is 9.18. The van der Waals surface area contributed by atoms with Crippen LogP contribution in [0, 0.1) is 0 Å². The zero-order valence-corrected chi connectivity index (χ0v) is 52.8. The number of ether oxygens (including phenoxy) is 3. The van der Waals surface area contributed by atoms with Gasteiger partial charge in [-0.05, 0) is 116 Å². The van der Waals surface area contributed by atoms with Crippen molar-refractivity contribution in [1.29, 1.82) is 0 Å². The van der Waals surface area contributed by atoms with Crippen LogP contribution in [0.2, 0.25) is 0 Å². The molecule has 0 spiro atoms. The highest BCUT2D eigenvalue weighted by Gasteiger charge is 2.19. The Morgan fingerprint density at radius 2 is 0.481 bits per heavy atom. The predicted molar refractivity (Wildman–Crippen MR) is 353 cm³/mol. The molecule has 0 N–H and O–H groups in total. The third kappa shape index (κ3) is 66.2. The number of carbonyl (C=O) groups is 3. The molecule has 0 aliphatic rings. The first kappa shape index (κ1) is 76.5. The van der Waals surface area contributed by atoms with Crippen LogP contribution in [-0.4, -0.2) is 37.2 Å². The first-order valence-electron chi connectivity index (χ1n) is 33.7. The Labute approximate surface area is 500 Å². The summed E-state index contributed by atoms with van der Waals surface area (Å²) in [6.45, 7) is 6.40. The van der Waals surface area contributed by atoms with Gasteiger partial charge in [-0.25, -0.2) is 0 Å². The molecule has 1 unspecified atom stereocenters. The van der Waals surface area contributed by atoms with E-state index in [1.165, 1.54) is 116 Å². The van der Waals surface area contributed by atoms with Crippen LogP contribution >= 0.6 is 0 Å². The maximum Gasteiger partial charge on any atom is 0.306 e. The molecule has 0 fully saturated rings. The Balaban J connectivity index is 4.34. The van der Waals surface area contributed by atoms with Crippen molar-refractivity contribution in [3.63, 3.8) is 0 Å². The molecule has 1 atom stereocenters. The Bertz CT molecular complexity index is 1720. The summed E-state index contributed by atoms with van der Waals surface area (Å²) in [7, 11) is 0. The summed E-state index contributed by atoms with van der Waals surface area (Å²) < 4.78 is 16.9.